The van der Waals surface area contributed by atoms with E-state index >= 15 is 0 Å². The second kappa shape index (κ2) is 5.85. The Labute approximate surface area is 98.7 Å². The summed E-state index contributed by atoms with van der Waals surface area (Å²) in [6, 6.07) is 5.85. The molecule has 0 amide bonds. The Hall–Kier alpha value is -2.09. The highest BCUT2D eigenvalue weighted by atomic mass is 19.1. The number of benzene rings is 1. The van der Waals surface area contributed by atoms with Crippen LogP contribution in [0.25, 0.3) is 0 Å². The average Bonchev–Trinajstić information content (AvgIpc) is 2.31. The van der Waals surface area contributed by atoms with Crippen LogP contribution >= 0.6 is 0 Å². The highest BCUT2D eigenvalue weighted by Gasteiger charge is 2.15. The van der Waals surface area contributed by atoms with Crippen LogP contribution in [0.5, 0.6) is 0 Å². The van der Waals surface area contributed by atoms with Gasteiger partial charge < -0.3 is 10.4 Å². The van der Waals surface area contributed by atoms with Crippen molar-refractivity contribution < 1.29 is 14.3 Å². The smallest absolute Gasteiger partial charge is 0.308 e. The van der Waals surface area contributed by atoms with Crippen molar-refractivity contribution in [1.29, 1.82) is 5.26 Å². The molecular weight excluding hydrogens is 223 g/mol. The summed E-state index contributed by atoms with van der Waals surface area (Å²) in [6.45, 7) is 1.92. The van der Waals surface area contributed by atoms with Crippen molar-refractivity contribution in [1.82, 2.24) is 0 Å². The molecule has 0 fully saturated rings. The molecule has 2 N–H and O–H groups in total. The summed E-state index contributed by atoms with van der Waals surface area (Å²) in [5, 5.41) is 20.1. The van der Waals surface area contributed by atoms with Gasteiger partial charge in [0.2, 0.25) is 0 Å². The van der Waals surface area contributed by atoms with Crippen LogP contribution in [0.3, 0.4) is 0 Å². The molecule has 0 radical (unpaired) electrons. The fourth-order valence-corrected chi connectivity index (χ4v) is 1.37. The molecule has 1 rings (SSSR count). The maximum Gasteiger partial charge on any atom is 0.308 e. The number of nitriles is 1. The van der Waals surface area contributed by atoms with Crippen molar-refractivity contribution in [3.63, 3.8) is 0 Å². The maximum atomic E-state index is 13.4. The SMILES string of the molecule is CCC(CNc1ccc(C#N)cc1F)C(=O)O. The zero-order valence-corrected chi connectivity index (χ0v) is 9.40. The Morgan fingerprint density at radius 3 is 2.82 bits per heavy atom. The Balaban J connectivity index is 2.70. The van der Waals surface area contributed by atoms with E-state index in [1.54, 1.807) is 6.92 Å². The molecule has 0 spiro atoms. The highest BCUT2D eigenvalue weighted by Crippen LogP contribution is 2.16. The molecule has 1 atom stereocenters. The number of rotatable bonds is 5. The van der Waals surface area contributed by atoms with Crippen molar-refractivity contribution in [2.24, 2.45) is 5.92 Å². The Kier molecular flexibility index (Phi) is 4.46. The van der Waals surface area contributed by atoms with Gasteiger partial charge in [-0.25, -0.2) is 4.39 Å². The number of hydrogen-bond acceptors (Lipinski definition) is 3. The number of nitrogens with one attached hydrogen (secondary N) is 1. The molecule has 4 nitrogen and oxygen atoms in total. The lowest BCUT2D eigenvalue weighted by atomic mass is 10.1. The number of carboxylic acids is 1. The molecule has 1 aromatic carbocycles. The Morgan fingerprint density at radius 1 is 1.65 bits per heavy atom. The van der Waals surface area contributed by atoms with Gasteiger partial charge in [0.25, 0.3) is 0 Å². The van der Waals surface area contributed by atoms with E-state index in [2.05, 4.69) is 5.32 Å². The van der Waals surface area contributed by atoms with Crippen molar-refractivity contribution in [2.75, 3.05) is 11.9 Å². The van der Waals surface area contributed by atoms with Crippen LogP contribution in [-0.2, 0) is 4.79 Å². The van der Waals surface area contributed by atoms with Gasteiger partial charge in [0.1, 0.15) is 5.82 Å². The van der Waals surface area contributed by atoms with Gasteiger partial charge in [-0.3, -0.25) is 4.79 Å². The van der Waals surface area contributed by atoms with E-state index in [4.69, 9.17) is 10.4 Å². The molecule has 0 saturated carbocycles. The minimum absolute atomic E-state index is 0.161. The standard InChI is InChI=1S/C12H13FN2O2/c1-2-9(12(16)17)7-15-11-4-3-8(6-14)5-10(11)13/h3-5,9,15H,2,7H2,1H3,(H,16,17). The van der Waals surface area contributed by atoms with Gasteiger partial charge in [0, 0.05) is 6.54 Å². The molecule has 17 heavy (non-hydrogen) atoms. The molecule has 0 aliphatic rings. The second-order valence-corrected chi connectivity index (χ2v) is 3.63. The lowest BCUT2D eigenvalue weighted by Crippen LogP contribution is -2.22. The molecule has 0 bridgehead atoms. The molecule has 1 aromatic rings. The van der Waals surface area contributed by atoms with Gasteiger partial charge in [-0.15, -0.1) is 0 Å². The second-order valence-electron chi connectivity index (χ2n) is 3.63. The molecule has 1 unspecified atom stereocenters. The van der Waals surface area contributed by atoms with Crippen LogP contribution < -0.4 is 5.32 Å². The molecule has 0 saturated heterocycles. The van der Waals surface area contributed by atoms with Gasteiger partial charge in [-0.2, -0.15) is 5.26 Å². The lowest BCUT2D eigenvalue weighted by molar-refractivity contribution is -0.141. The third-order valence-corrected chi connectivity index (χ3v) is 2.48. The summed E-state index contributed by atoms with van der Waals surface area (Å²) in [7, 11) is 0. The molecule has 0 aromatic heterocycles. The van der Waals surface area contributed by atoms with Crippen molar-refractivity contribution in [2.45, 2.75) is 13.3 Å². The van der Waals surface area contributed by atoms with Crippen molar-refractivity contribution >= 4 is 11.7 Å². The topological polar surface area (TPSA) is 73.1 Å². The van der Waals surface area contributed by atoms with Crippen LogP contribution in [0.15, 0.2) is 18.2 Å². The van der Waals surface area contributed by atoms with Crippen LogP contribution in [0.1, 0.15) is 18.9 Å². The van der Waals surface area contributed by atoms with Crippen LogP contribution in [0.4, 0.5) is 10.1 Å². The van der Waals surface area contributed by atoms with Gasteiger partial charge in [-0.05, 0) is 24.6 Å². The van der Waals surface area contributed by atoms with Crippen LogP contribution in [0, 0.1) is 23.1 Å². The summed E-state index contributed by atoms with van der Waals surface area (Å²) < 4.78 is 13.4. The first-order valence-corrected chi connectivity index (χ1v) is 5.24. The fraction of sp³-hybridized carbons (Fsp3) is 0.333. The Morgan fingerprint density at radius 2 is 2.35 bits per heavy atom. The van der Waals surface area contributed by atoms with Crippen molar-refractivity contribution in [3.05, 3.63) is 29.6 Å². The third kappa shape index (κ3) is 3.45. The number of carboxylic acid groups (broad SMARTS) is 1. The fourth-order valence-electron chi connectivity index (χ4n) is 1.37. The zero-order valence-electron chi connectivity index (χ0n) is 9.40. The van der Waals surface area contributed by atoms with Gasteiger partial charge in [0.15, 0.2) is 0 Å². The Bertz CT molecular complexity index is 454. The van der Waals surface area contributed by atoms with E-state index in [0.717, 1.165) is 6.07 Å². The van der Waals surface area contributed by atoms with Gasteiger partial charge in [-0.1, -0.05) is 6.92 Å². The largest absolute Gasteiger partial charge is 0.481 e. The molecule has 0 aliphatic carbocycles. The predicted molar refractivity (Wildman–Crippen MR) is 61.0 cm³/mol. The van der Waals surface area contributed by atoms with Crippen molar-refractivity contribution in [3.8, 4) is 6.07 Å². The normalized spacial score (nSPS) is 11.6. The van der Waals surface area contributed by atoms with Crippen LogP contribution in [-0.4, -0.2) is 17.6 Å². The predicted octanol–water partition coefficient (Wildman–Crippen LogP) is 2.22. The first kappa shape index (κ1) is 13.0. The van der Waals surface area contributed by atoms with Gasteiger partial charge in [0.05, 0.1) is 23.2 Å². The summed E-state index contributed by atoms with van der Waals surface area (Å²) >= 11 is 0. The first-order valence-electron chi connectivity index (χ1n) is 5.24. The third-order valence-electron chi connectivity index (χ3n) is 2.48. The van der Waals surface area contributed by atoms with Crippen LogP contribution in [0.2, 0.25) is 0 Å². The average molecular weight is 236 g/mol. The zero-order chi connectivity index (χ0) is 12.8. The molecular formula is C12H13FN2O2. The summed E-state index contributed by atoms with van der Waals surface area (Å²) in [4.78, 5) is 10.8. The number of nitrogens with zero attached hydrogens (tertiary/aromatic N) is 1. The number of aliphatic carboxylic acids is 1. The number of anilines is 1. The molecule has 0 aliphatic heterocycles. The summed E-state index contributed by atoms with van der Waals surface area (Å²) in [6.07, 6.45) is 0.472. The maximum absolute atomic E-state index is 13.4. The minimum Gasteiger partial charge on any atom is -0.481 e. The molecule has 90 valence electrons. The number of halogens is 1. The number of hydrogen-bond donors (Lipinski definition) is 2. The highest BCUT2D eigenvalue weighted by molar-refractivity contribution is 5.70. The van der Waals surface area contributed by atoms with E-state index < -0.39 is 17.7 Å². The van der Waals surface area contributed by atoms with E-state index in [-0.39, 0.29) is 17.8 Å². The van der Waals surface area contributed by atoms with E-state index in [9.17, 15) is 9.18 Å². The quantitative estimate of drug-likeness (QED) is 0.822. The van der Waals surface area contributed by atoms with E-state index in [1.165, 1.54) is 12.1 Å². The summed E-state index contributed by atoms with van der Waals surface area (Å²) in [5.41, 5.74) is 0.446. The minimum atomic E-state index is -0.908. The monoisotopic (exact) mass is 236 g/mol. The number of carbonyl (C=O) groups is 1. The summed E-state index contributed by atoms with van der Waals surface area (Å²) in [5.74, 6) is -2.01. The molecule has 0 heterocycles. The first-order chi connectivity index (χ1) is 8.08. The lowest BCUT2D eigenvalue weighted by Gasteiger charge is -2.12. The molecule has 5 heteroatoms. The van der Waals surface area contributed by atoms with E-state index in [1.807, 2.05) is 6.07 Å². The van der Waals surface area contributed by atoms with Gasteiger partial charge >= 0.3 is 5.97 Å². The van der Waals surface area contributed by atoms with E-state index in [0.29, 0.717) is 6.42 Å².